The molecule has 7 heteroatoms. The van der Waals surface area contributed by atoms with Gasteiger partial charge in [0.15, 0.2) is 0 Å². The molecule has 0 fully saturated rings. The van der Waals surface area contributed by atoms with Gasteiger partial charge in [-0.3, -0.25) is 4.79 Å². The lowest BCUT2D eigenvalue weighted by atomic mass is 9.99. The highest BCUT2D eigenvalue weighted by molar-refractivity contribution is 7.89. The third kappa shape index (κ3) is 3.91. The number of methoxy groups -OCH3 is 1. The fourth-order valence-corrected chi connectivity index (χ4v) is 4.60. The molecule has 0 N–H and O–H groups in total. The molecule has 28 heavy (non-hydrogen) atoms. The molecule has 1 aliphatic rings. The average molecular weight is 403 g/mol. The Morgan fingerprint density at radius 3 is 2.39 bits per heavy atom. The van der Waals surface area contributed by atoms with Gasteiger partial charge in [0.25, 0.3) is 5.91 Å². The van der Waals surface area contributed by atoms with Gasteiger partial charge >= 0.3 is 0 Å². The van der Waals surface area contributed by atoms with E-state index < -0.39 is 10.0 Å². The standard InChI is InChI=1S/C21H26N2O4S/c1-15(2)22(3)28(25,26)20-9-6-17(7-10-20)21(24)23-12-11-16-5-8-19(27-4)13-18(16)14-23/h5-10,13,15H,11-12,14H2,1-4H3. The number of sulfonamides is 1. The summed E-state index contributed by atoms with van der Waals surface area (Å²) in [6, 6.07) is 12.0. The van der Waals surface area contributed by atoms with Crippen LogP contribution >= 0.6 is 0 Å². The predicted octanol–water partition coefficient (Wildman–Crippen LogP) is 2.92. The Morgan fingerprint density at radius 2 is 1.79 bits per heavy atom. The minimum absolute atomic E-state index is 0.102. The molecule has 3 rings (SSSR count). The summed E-state index contributed by atoms with van der Waals surface area (Å²) in [6.07, 6.45) is 0.788. The van der Waals surface area contributed by atoms with Gasteiger partial charge in [-0.1, -0.05) is 6.07 Å². The molecule has 0 unspecified atom stereocenters. The van der Waals surface area contributed by atoms with Crippen LogP contribution in [0.25, 0.3) is 0 Å². The van der Waals surface area contributed by atoms with E-state index >= 15 is 0 Å². The van der Waals surface area contributed by atoms with Gasteiger partial charge < -0.3 is 9.64 Å². The number of hydrogen-bond acceptors (Lipinski definition) is 4. The van der Waals surface area contributed by atoms with E-state index in [9.17, 15) is 13.2 Å². The quantitative estimate of drug-likeness (QED) is 0.771. The van der Waals surface area contributed by atoms with Gasteiger partial charge in [-0.05, 0) is 67.8 Å². The summed E-state index contributed by atoms with van der Waals surface area (Å²) in [5, 5.41) is 0. The molecule has 1 amide bonds. The molecular weight excluding hydrogens is 376 g/mol. The Kier molecular flexibility index (Phi) is 5.76. The Hall–Kier alpha value is -2.38. The highest BCUT2D eigenvalue weighted by atomic mass is 32.2. The van der Waals surface area contributed by atoms with Gasteiger partial charge in [-0.25, -0.2) is 8.42 Å². The molecule has 0 radical (unpaired) electrons. The van der Waals surface area contributed by atoms with Crippen molar-refractivity contribution in [1.82, 2.24) is 9.21 Å². The van der Waals surface area contributed by atoms with Crippen LogP contribution in [0.3, 0.4) is 0 Å². The van der Waals surface area contributed by atoms with Crippen molar-refractivity contribution in [2.24, 2.45) is 0 Å². The lowest BCUT2D eigenvalue weighted by Gasteiger charge is -2.29. The molecule has 0 aliphatic carbocycles. The first kappa shape index (κ1) is 20.4. The fraction of sp³-hybridized carbons (Fsp3) is 0.381. The number of carbonyl (C=O) groups excluding carboxylic acids is 1. The topological polar surface area (TPSA) is 66.9 Å². The van der Waals surface area contributed by atoms with Crippen molar-refractivity contribution < 1.29 is 17.9 Å². The number of hydrogen-bond donors (Lipinski definition) is 0. The highest BCUT2D eigenvalue weighted by Crippen LogP contribution is 2.25. The Balaban J connectivity index is 1.78. The van der Waals surface area contributed by atoms with E-state index in [-0.39, 0.29) is 16.8 Å². The molecule has 2 aromatic carbocycles. The molecule has 150 valence electrons. The predicted molar refractivity (Wildman–Crippen MR) is 108 cm³/mol. The number of benzene rings is 2. The third-order valence-corrected chi connectivity index (χ3v) is 7.27. The van der Waals surface area contributed by atoms with Crippen LogP contribution in [0.2, 0.25) is 0 Å². The first-order valence-corrected chi connectivity index (χ1v) is 10.7. The van der Waals surface area contributed by atoms with Crippen molar-refractivity contribution in [2.45, 2.75) is 37.8 Å². The van der Waals surface area contributed by atoms with Crippen molar-refractivity contribution in [3.05, 3.63) is 59.2 Å². The summed E-state index contributed by atoms with van der Waals surface area (Å²) in [4.78, 5) is 14.9. The van der Waals surface area contributed by atoms with Gasteiger partial charge in [0.05, 0.1) is 12.0 Å². The molecule has 0 saturated carbocycles. The molecule has 0 aromatic heterocycles. The van der Waals surface area contributed by atoms with Gasteiger partial charge in [-0.15, -0.1) is 0 Å². The maximum absolute atomic E-state index is 12.9. The average Bonchev–Trinajstić information content (AvgIpc) is 2.71. The third-order valence-electron chi connectivity index (χ3n) is 5.22. The second-order valence-corrected chi connectivity index (χ2v) is 9.25. The normalized spacial score (nSPS) is 14.3. The Morgan fingerprint density at radius 1 is 1.11 bits per heavy atom. The summed E-state index contributed by atoms with van der Waals surface area (Å²) in [5.41, 5.74) is 2.79. The molecule has 1 heterocycles. The Bertz CT molecular complexity index is 968. The fourth-order valence-electron chi connectivity index (χ4n) is 3.23. The van der Waals surface area contributed by atoms with E-state index in [1.807, 2.05) is 32.0 Å². The van der Waals surface area contributed by atoms with E-state index in [0.29, 0.717) is 18.7 Å². The van der Waals surface area contributed by atoms with Crippen LogP contribution in [-0.2, 0) is 23.0 Å². The molecule has 0 spiro atoms. The lowest BCUT2D eigenvalue weighted by Crippen LogP contribution is -2.36. The lowest BCUT2D eigenvalue weighted by molar-refractivity contribution is 0.0734. The van der Waals surface area contributed by atoms with Crippen LogP contribution in [0.1, 0.15) is 35.3 Å². The summed E-state index contributed by atoms with van der Waals surface area (Å²) in [7, 11) is -0.380. The van der Waals surface area contributed by atoms with Crippen LogP contribution in [0.4, 0.5) is 0 Å². The van der Waals surface area contributed by atoms with Crippen LogP contribution in [-0.4, -0.2) is 50.3 Å². The van der Waals surface area contributed by atoms with Crippen molar-refractivity contribution >= 4 is 15.9 Å². The summed E-state index contributed by atoms with van der Waals surface area (Å²) < 4.78 is 31.7. The monoisotopic (exact) mass is 402 g/mol. The molecule has 1 aliphatic heterocycles. The largest absolute Gasteiger partial charge is 0.497 e. The smallest absolute Gasteiger partial charge is 0.254 e. The van der Waals surface area contributed by atoms with E-state index in [0.717, 1.165) is 17.7 Å². The van der Waals surface area contributed by atoms with Crippen LogP contribution in [0.5, 0.6) is 5.75 Å². The van der Waals surface area contributed by atoms with Gasteiger partial charge in [0.2, 0.25) is 10.0 Å². The number of nitrogens with zero attached hydrogens (tertiary/aromatic N) is 2. The second kappa shape index (κ2) is 7.93. The molecule has 2 aromatic rings. The van der Waals surface area contributed by atoms with Crippen LogP contribution in [0, 0.1) is 0 Å². The summed E-state index contributed by atoms with van der Waals surface area (Å²) in [6.45, 7) is 4.78. The zero-order valence-corrected chi connectivity index (χ0v) is 17.5. The number of carbonyl (C=O) groups is 1. The minimum Gasteiger partial charge on any atom is -0.497 e. The highest BCUT2D eigenvalue weighted by Gasteiger charge is 2.25. The van der Waals surface area contributed by atoms with Gasteiger partial charge in [0, 0.05) is 31.7 Å². The number of fused-ring (bicyclic) bond motifs is 1. The Labute approximate surface area is 166 Å². The van der Waals surface area contributed by atoms with E-state index in [4.69, 9.17) is 4.74 Å². The maximum atomic E-state index is 12.9. The van der Waals surface area contributed by atoms with E-state index in [2.05, 4.69) is 0 Å². The first-order valence-electron chi connectivity index (χ1n) is 9.27. The SMILES string of the molecule is COc1ccc2c(c1)CN(C(=O)c1ccc(S(=O)(=O)N(C)C(C)C)cc1)CC2. The van der Waals surface area contributed by atoms with Crippen LogP contribution in [0.15, 0.2) is 47.4 Å². The minimum atomic E-state index is -3.56. The van der Waals surface area contributed by atoms with E-state index in [1.165, 1.54) is 22.0 Å². The first-order chi connectivity index (χ1) is 13.2. The summed E-state index contributed by atoms with van der Waals surface area (Å²) in [5.74, 6) is 0.673. The van der Waals surface area contributed by atoms with Gasteiger partial charge in [-0.2, -0.15) is 4.31 Å². The number of ether oxygens (including phenoxy) is 1. The molecular formula is C21H26N2O4S. The summed E-state index contributed by atoms with van der Waals surface area (Å²) >= 11 is 0. The second-order valence-electron chi connectivity index (χ2n) is 7.25. The maximum Gasteiger partial charge on any atom is 0.254 e. The molecule has 6 nitrogen and oxygen atoms in total. The molecule has 0 saturated heterocycles. The zero-order valence-electron chi connectivity index (χ0n) is 16.7. The molecule has 0 bridgehead atoms. The molecule has 0 atom stereocenters. The van der Waals surface area contributed by atoms with Crippen molar-refractivity contribution in [1.29, 1.82) is 0 Å². The number of amides is 1. The van der Waals surface area contributed by atoms with Crippen LogP contribution < -0.4 is 4.74 Å². The van der Waals surface area contributed by atoms with Crippen molar-refractivity contribution in [3.63, 3.8) is 0 Å². The zero-order chi connectivity index (χ0) is 20.5. The van der Waals surface area contributed by atoms with Crippen molar-refractivity contribution in [3.8, 4) is 5.75 Å². The van der Waals surface area contributed by atoms with Gasteiger partial charge in [0.1, 0.15) is 5.75 Å². The van der Waals surface area contributed by atoms with Crippen molar-refractivity contribution in [2.75, 3.05) is 20.7 Å². The number of rotatable bonds is 5. The van der Waals surface area contributed by atoms with E-state index in [1.54, 1.807) is 31.2 Å².